The predicted octanol–water partition coefficient (Wildman–Crippen LogP) is 2.44. The molecule has 2 heterocycles. The molecule has 0 aliphatic heterocycles. The van der Waals surface area contributed by atoms with Gasteiger partial charge in [0.05, 0.1) is 18.0 Å². The maximum absolute atomic E-state index is 5.77. The van der Waals surface area contributed by atoms with Gasteiger partial charge < -0.3 is 15.1 Å². The minimum absolute atomic E-state index is 0.703. The van der Waals surface area contributed by atoms with E-state index in [0.29, 0.717) is 5.69 Å². The smallest absolute Gasteiger partial charge is 0.139 e. The largest absolute Gasteiger partial charge is 0.472 e. The molecule has 0 aliphatic carbocycles. The van der Waals surface area contributed by atoms with Gasteiger partial charge in [-0.05, 0) is 24.3 Å². The molecular formula is C14H14N4O. The molecule has 0 saturated carbocycles. The topological polar surface area (TPSA) is 68.2 Å². The minimum Gasteiger partial charge on any atom is -0.472 e. The fourth-order valence-electron chi connectivity index (χ4n) is 2.10. The summed E-state index contributed by atoms with van der Waals surface area (Å²) in [5.41, 5.74) is 8.43. The highest BCUT2D eigenvalue weighted by Gasteiger charge is 2.09. The summed E-state index contributed by atoms with van der Waals surface area (Å²) in [5.74, 6) is 0.881. The number of hydrogen-bond donors (Lipinski definition) is 1. The Balaban J connectivity index is 2.00. The monoisotopic (exact) mass is 254 g/mol. The number of anilines is 2. The maximum Gasteiger partial charge on any atom is 0.139 e. The predicted molar refractivity (Wildman–Crippen MR) is 74.8 cm³/mol. The Bertz CT molecular complexity index is 694. The molecule has 0 spiro atoms. The second-order valence-corrected chi connectivity index (χ2v) is 4.46. The normalized spacial score (nSPS) is 10.8. The van der Waals surface area contributed by atoms with Crippen LogP contribution >= 0.6 is 0 Å². The van der Waals surface area contributed by atoms with Gasteiger partial charge in [-0.1, -0.05) is 0 Å². The van der Waals surface area contributed by atoms with Crippen LogP contribution in [0.3, 0.4) is 0 Å². The van der Waals surface area contributed by atoms with Crippen molar-refractivity contribution in [2.24, 2.45) is 0 Å². The van der Waals surface area contributed by atoms with Crippen molar-refractivity contribution in [1.82, 2.24) is 9.97 Å². The van der Waals surface area contributed by atoms with Crippen LogP contribution in [0.2, 0.25) is 0 Å². The third-order valence-electron chi connectivity index (χ3n) is 3.00. The van der Waals surface area contributed by atoms with E-state index in [2.05, 4.69) is 14.9 Å². The molecule has 5 nitrogen and oxygen atoms in total. The number of nitrogen functional groups attached to an aromatic ring is 1. The number of aromatic nitrogens is 2. The Morgan fingerprint density at radius 3 is 2.95 bits per heavy atom. The second-order valence-electron chi connectivity index (χ2n) is 4.46. The Morgan fingerprint density at radius 2 is 2.16 bits per heavy atom. The average molecular weight is 254 g/mol. The molecular weight excluding hydrogens is 240 g/mol. The van der Waals surface area contributed by atoms with Gasteiger partial charge in [0.25, 0.3) is 0 Å². The maximum atomic E-state index is 5.77. The van der Waals surface area contributed by atoms with Gasteiger partial charge in [-0.3, -0.25) is 0 Å². The van der Waals surface area contributed by atoms with Gasteiger partial charge in [0.1, 0.15) is 12.1 Å². The van der Waals surface area contributed by atoms with Crippen molar-refractivity contribution in [2.75, 3.05) is 17.7 Å². The van der Waals surface area contributed by atoms with E-state index < -0.39 is 0 Å². The minimum atomic E-state index is 0.703. The summed E-state index contributed by atoms with van der Waals surface area (Å²) in [6.45, 7) is 0.729. The fourth-order valence-corrected chi connectivity index (χ4v) is 2.10. The van der Waals surface area contributed by atoms with Crippen LogP contribution in [0.4, 0.5) is 11.5 Å². The summed E-state index contributed by atoms with van der Waals surface area (Å²) < 4.78 is 5.08. The zero-order valence-corrected chi connectivity index (χ0v) is 10.6. The van der Waals surface area contributed by atoms with Crippen molar-refractivity contribution in [3.8, 4) is 0 Å². The molecule has 96 valence electrons. The summed E-state index contributed by atoms with van der Waals surface area (Å²) >= 11 is 0. The van der Waals surface area contributed by atoms with E-state index >= 15 is 0 Å². The zero-order valence-electron chi connectivity index (χ0n) is 10.6. The number of fused-ring (bicyclic) bond motifs is 1. The molecule has 0 saturated heterocycles. The summed E-state index contributed by atoms with van der Waals surface area (Å²) in [6, 6.07) is 7.61. The number of nitrogens with two attached hydrogens (primary N) is 1. The molecule has 0 radical (unpaired) electrons. The van der Waals surface area contributed by atoms with Gasteiger partial charge >= 0.3 is 0 Å². The summed E-state index contributed by atoms with van der Waals surface area (Å²) in [7, 11) is 1.99. The van der Waals surface area contributed by atoms with E-state index in [-0.39, 0.29) is 0 Å². The van der Waals surface area contributed by atoms with Crippen LogP contribution in [0.15, 0.2) is 47.5 Å². The Labute approximate surface area is 110 Å². The molecule has 0 fully saturated rings. The third kappa shape index (κ3) is 2.22. The van der Waals surface area contributed by atoms with Crippen LogP contribution < -0.4 is 10.6 Å². The standard InChI is InChI=1S/C14H14N4O/c1-18(7-10-4-5-19-8-10)14-12-3-2-11(15)6-13(12)16-9-17-14/h2-6,8-9H,7,15H2,1H3. The van der Waals surface area contributed by atoms with Crippen molar-refractivity contribution in [3.05, 3.63) is 48.7 Å². The molecule has 0 atom stereocenters. The molecule has 2 aromatic heterocycles. The Hall–Kier alpha value is -2.56. The number of benzene rings is 1. The Morgan fingerprint density at radius 1 is 1.26 bits per heavy atom. The van der Waals surface area contributed by atoms with Gasteiger partial charge in [-0.2, -0.15) is 0 Å². The van der Waals surface area contributed by atoms with E-state index in [4.69, 9.17) is 10.2 Å². The van der Waals surface area contributed by atoms with Crippen LogP contribution in [0.25, 0.3) is 10.9 Å². The van der Waals surface area contributed by atoms with E-state index in [1.807, 2.05) is 31.3 Å². The average Bonchev–Trinajstić information content (AvgIpc) is 2.90. The first-order chi connectivity index (χ1) is 9.24. The second kappa shape index (κ2) is 4.61. The molecule has 19 heavy (non-hydrogen) atoms. The van der Waals surface area contributed by atoms with Gasteiger partial charge in [0.2, 0.25) is 0 Å². The highest BCUT2D eigenvalue weighted by molar-refractivity contribution is 5.91. The zero-order chi connectivity index (χ0) is 13.2. The van der Waals surface area contributed by atoms with Crippen LogP contribution in [0.1, 0.15) is 5.56 Å². The first-order valence-corrected chi connectivity index (χ1v) is 5.96. The summed E-state index contributed by atoms with van der Waals surface area (Å²) in [6.07, 6.45) is 4.96. The molecule has 0 unspecified atom stereocenters. The van der Waals surface area contributed by atoms with Crippen molar-refractivity contribution in [2.45, 2.75) is 6.54 Å². The van der Waals surface area contributed by atoms with Crippen LogP contribution in [0.5, 0.6) is 0 Å². The van der Waals surface area contributed by atoms with E-state index in [1.165, 1.54) is 0 Å². The van der Waals surface area contributed by atoms with E-state index in [0.717, 1.165) is 28.8 Å². The van der Waals surface area contributed by atoms with Crippen LogP contribution in [-0.4, -0.2) is 17.0 Å². The quantitative estimate of drug-likeness (QED) is 0.727. The van der Waals surface area contributed by atoms with Gasteiger partial charge in [-0.15, -0.1) is 0 Å². The SMILES string of the molecule is CN(Cc1ccoc1)c1ncnc2cc(N)ccc12. The van der Waals surface area contributed by atoms with Crippen molar-refractivity contribution >= 4 is 22.4 Å². The summed E-state index contributed by atoms with van der Waals surface area (Å²) in [4.78, 5) is 10.7. The van der Waals surface area contributed by atoms with Gasteiger partial charge in [0, 0.05) is 30.2 Å². The third-order valence-corrected chi connectivity index (χ3v) is 3.00. The van der Waals surface area contributed by atoms with Gasteiger partial charge in [0.15, 0.2) is 0 Å². The first kappa shape index (κ1) is 11.5. The molecule has 0 bridgehead atoms. The van der Waals surface area contributed by atoms with E-state index in [1.54, 1.807) is 18.9 Å². The highest BCUT2D eigenvalue weighted by Crippen LogP contribution is 2.24. The molecule has 3 rings (SSSR count). The number of hydrogen-bond acceptors (Lipinski definition) is 5. The molecule has 0 amide bonds. The first-order valence-electron chi connectivity index (χ1n) is 5.96. The van der Waals surface area contributed by atoms with Crippen molar-refractivity contribution in [3.63, 3.8) is 0 Å². The summed E-state index contributed by atoms with van der Waals surface area (Å²) in [5, 5.41) is 0.989. The molecule has 1 aromatic carbocycles. The Kier molecular flexibility index (Phi) is 2.79. The molecule has 5 heteroatoms. The number of nitrogens with zero attached hydrogens (tertiary/aromatic N) is 3. The fraction of sp³-hybridized carbons (Fsp3) is 0.143. The van der Waals surface area contributed by atoms with Gasteiger partial charge in [-0.25, -0.2) is 9.97 Å². The lowest BCUT2D eigenvalue weighted by molar-refractivity contribution is 0.563. The lowest BCUT2D eigenvalue weighted by atomic mass is 10.2. The van der Waals surface area contributed by atoms with Crippen LogP contribution in [0, 0.1) is 0 Å². The van der Waals surface area contributed by atoms with Crippen molar-refractivity contribution in [1.29, 1.82) is 0 Å². The highest BCUT2D eigenvalue weighted by atomic mass is 16.3. The lowest BCUT2D eigenvalue weighted by Gasteiger charge is -2.18. The molecule has 2 N–H and O–H groups in total. The van der Waals surface area contributed by atoms with Crippen LogP contribution in [-0.2, 0) is 6.54 Å². The lowest BCUT2D eigenvalue weighted by Crippen LogP contribution is -2.17. The van der Waals surface area contributed by atoms with Crippen molar-refractivity contribution < 1.29 is 4.42 Å². The molecule has 0 aliphatic rings. The van der Waals surface area contributed by atoms with E-state index in [9.17, 15) is 0 Å². The molecule has 3 aromatic rings. The number of rotatable bonds is 3. The number of furan rings is 1.